The summed E-state index contributed by atoms with van der Waals surface area (Å²) in [6.45, 7) is 2.33. The van der Waals surface area contributed by atoms with Gasteiger partial charge in [0, 0.05) is 15.6 Å². The lowest BCUT2D eigenvalue weighted by Gasteiger charge is -2.15. The fraction of sp³-hybridized carbons (Fsp3) is 0.167. The normalized spacial score (nSPS) is 13.9. The van der Waals surface area contributed by atoms with Crippen LogP contribution < -0.4 is 4.74 Å². The van der Waals surface area contributed by atoms with E-state index in [1.807, 2.05) is 55.5 Å². The highest BCUT2D eigenvalue weighted by molar-refractivity contribution is 6.30. The van der Waals surface area contributed by atoms with Gasteiger partial charge in [0.15, 0.2) is 0 Å². The molecule has 3 nitrogen and oxygen atoms in total. The molecular weight excluding hydrogens is 403 g/mol. The Bertz CT molecular complexity index is 1130. The molecule has 1 aliphatic carbocycles. The number of hydrogen-bond donors (Lipinski definition) is 0. The fourth-order valence-corrected chi connectivity index (χ4v) is 3.92. The lowest BCUT2D eigenvalue weighted by Crippen LogP contribution is -2.04. The number of halogens is 2. The van der Waals surface area contributed by atoms with E-state index in [2.05, 4.69) is 12.1 Å². The summed E-state index contributed by atoms with van der Waals surface area (Å²) in [5.74, 6) is 0.377. The summed E-state index contributed by atoms with van der Waals surface area (Å²) in [6, 6.07) is 17.6. The van der Waals surface area contributed by atoms with Crippen molar-refractivity contribution in [2.75, 3.05) is 6.61 Å². The summed E-state index contributed by atoms with van der Waals surface area (Å²) in [6.07, 6.45) is 3.80. The molecule has 0 fully saturated rings. The molecule has 0 N–H and O–H groups in total. The molecule has 144 valence electrons. The first-order valence-electron chi connectivity index (χ1n) is 9.43. The third kappa shape index (κ3) is 3.87. The molecular formula is C24H18Cl2N2O. The Hall–Kier alpha value is -2.80. The van der Waals surface area contributed by atoms with E-state index in [0.717, 1.165) is 46.4 Å². The minimum Gasteiger partial charge on any atom is -0.477 e. The second-order valence-corrected chi connectivity index (χ2v) is 7.64. The average Bonchev–Trinajstić information content (AvgIpc) is 3.12. The summed E-state index contributed by atoms with van der Waals surface area (Å²) in [7, 11) is 0. The van der Waals surface area contributed by atoms with E-state index in [9.17, 15) is 5.26 Å². The smallest absolute Gasteiger partial charge is 0.232 e. The first-order chi connectivity index (χ1) is 14.1. The predicted octanol–water partition coefficient (Wildman–Crippen LogP) is 6.81. The Kier molecular flexibility index (Phi) is 5.58. The summed E-state index contributed by atoms with van der Waals surface area (Å²) in [4.78, 5) is 4.75. The average molecular weight is 421 g/mol. The van der Waals surface area contributed by atoms with Crippen molar-refractivity contribution in [2.24, 2.45) is 0 Å². The number of fused-ring (bicyclic) bond motifs is 1. The molecule has 1 aromatic heterocycles. The molecule has 4 rings (SSSR count). The molecule has 0 radical (unpaired) electrons. The van der Waals surface area contributed by atoms with Crippen molar-refractivity contribution < 1.29 is 4.74 Å². The van der Waals surface area contributed by atoms with Crippen molar-refractivity contribution in [1.29, 1.82) is 5.26 Å². The second kappa shape index (κ2) is 8.29. The quantitative estimate of drug-likeness (QED) is 0.465. The van der Waals surface area contributed by atoms with Gasteiger partial charge >= 0.3 is 0 Å². The molecule has 0 unspecified atom stereocenters. The van der Waals surface area contributed by atoms with Gasteiger partial charge in [-0.1, -0.05) is 47.5 Å². The van der Waals surface area contributed by atoms with Crippen molar-refractivity contribution in [2.45, 2.75) is 19.8 Å². The van der Waals surface area contributed by atoms with Gasteiger partial charge in [-0.05, 0) is 72.4 Å². The van der Waals surface area contributed by atoms with Crippen LogP contribution in [0.15, 0.2) is 48.5 Å². The highest BCUT2D eigenvalue weighted by Crippen LogP contribution is 2.43. The maximum absolute atomic E-state index is 9.88. The monoisotopic (exact) mass is 420 g/mol. The van der Waals surface area contributed by atoms with Gasteiger partial charge in [-0.2, -0.15) is 5.26 Å². The van der Waals surface area contributed by atoms with Gasteiger partial charge in [-0.3, -0.25) is 0 Å². The van der Waals surface area contributed by atoms with Crippen molar-refractivity contribution in [3.05, 3.63) is 81.0 Å². The molecule has 5 heteroatoms. The molecule has 3 aromatic rings. The molecule has 0 bridgehead atoms. The third-order valence-electron chi connectivity index (χ3n) is 4.95. The zero-order chi connectivity index (χ0) is 20.4. The van der Waals surface area contributed by atoms with E-state index in [-0.39, 0.29) is 0 Å². The maximum Gasteiger partial charge on any atom is 0.232 e. The molecule has 0 aliphatic heterocycles. The van der Waals surface area contributed by atoms with E-state index >= 15 is 0 Å². The van der Waals surface area contributed by atoms with Crippen LogP contribution in [0.3, 0.4) is 0 Å². The van der Waals surface area contributed by atoms with E-state index < -0.39 is 0 Å². The molecule has 1 aliphatic rings. The number of allylic oxidation sites excluding steroid dienone is 1. The molecule has 1 heterocycles. The zero-order valence-corrected chi connectivity index (χ0v) is 17.4. The number of rotatable bonds is 4. The van der Waals surface area contributed by atoms with Gasteiger partial charge < -0.3 is 4.74 Å². The summed E-state index contributed by atoms with van der Waals surface area (Å²) < 4.78 is 5.75. The number of hydrogen-bond acceptors (Lipinski definition) is 3. The maximum atomic E-state index is 9.88. The number of pyridine rings is 1. The lowest BCUT2D eigenvalue weighted by molar-refractivity contribution is 0.325. The second-order valence-electron chi connectivity index (χ2n) is 6.77. The first-order valence-corrected chi connectivity index (χ1v) is 10.2. The number of aromatic nitrogens is 1. The number of nitriles is 1. The van der Waals surface area contributed by atoms with Gasteiger partial charge in [0.25, 0.3) is 0 Å². The van der Waals surface area contributed by atoms with Crippen LogP contribution in [0.4, 0.5) is 0 Å². The Morgan fingerprint density at radius 2 is 1.69 bits per heavy atom. The van der Waals surface area contributed by atoms with Crippen molar-refractivity contribution in [3.63, 3.8) is 0 Å². The van der Waals surface area contributed by atoms with E-state index in [0.29, 0.717) is 28.1 Å². The van der Waals surface area contributed by atoms with E-state index in [1.54, 1.807) is 0 Å². The van der Waals surface area contributed by atoms with Crippen molar-refractivity contribution >= 4 is 34.9 Å². The van der Waals surface area contributed by atoms with Gasteiger partial charge in [-0.25, -0.2) is 4.98 Å². The Balaban J connectivity index is 1.92. The van der Waals surface area contributed by atoms with Crippen molar-refractivity contribution in [3.8, 4) is 23.1 Å². The molecule has 0 saturated heterocycles. The summed E-state index contributed by atoms with van der Waals surface area (Å²) in [5.41, 5.74) is 6.47. The Labute approximate surface area is 180 Å². The summed E-state index contributed by atoms with van der Waals surface area (Å²) >= 11 is 12.1. The van der Waals surface area contributed by atoms with Crippen LogP contribution in [-0.4, -0.2) is 11.6 Å². The Morgan fingerprint density at radius 3 is 2.31 bits per heavy atom. The SMILES string of the molecule is CCOc1nc2c(c(-c3ccc(Cl)cc3)c1C#N)CCC2=Cc1ccc(Cl)cc1. The van der Waals surface area contributed by atoms with Gasteiger partial charge in [0.1, 0.15) is 11.6 Å². The van der Waals surface area contributed by atoms with Gasteiger partial charge in [0.05, 0.1) is 12.3 Å². The van der Waals surface area contributed by atoms with Crippen LogP contribution in [0.2, 0.25) is 10.0 Å². The lowest BCUT2D eigenvalue weighted by atomic mass is 9.95. The van der Waals surface area contributed by atoms with Gasteiger partial charge in [0.2, 0.25) is 5.88 Å². The summed E-state index contributed by atoms with van der Waals surface area (Å²) in [5, 5.41) is 11.2. The topological polar surface area (TPSA) is 45.9 Å². The molecule has 0 amide bonds. The predicted molar refractivity (Wildman–Crippen MR) is 118 cm³/mol. The van der Waals surface area contributed by atoms with Crippen LogP contribution in [0.5, 0.6) is 5.88 Å². The standard InChI is InChI=1S/C24H18Cl2N2O/c1-2-29-24-21(14-27)22(16-5-10-19(26)11-6-16)20-12-7-17(23(20)28-24)13-15-3-8-18(25)9-4-15/h3-6,8-11,13H,2,7,12H2,1H3. The van der Waals surface area contributed by atoms with Crippen LogP contribution >= 0.6 is 23.2 Å². The largest absolute Gasteiger partial charge is 0.477 e. The highest BCUT2D eigenvalue weighted by Gasteiger charge is 2.27. The van der Waals surface area contributed by atoms with Crippen LogP contribution in [0, 0.1) is 11.3 Å². The molecule has 0 atom stereocenters. The van der Waals surface area contributed by atoms with Crippen LogP contribution in [0.1, 0.15) is 35.7 Å². The van der Waals surface area contributed by atoms with E-state index in [4.69, 9.17) is 32.9 Å². The van der Waals surface area contributed by atoms with Crippen LogP contribution in [-0.2, 0) is 6.42 Å². The van der Waals surface area contributed by atoms with Gasteiger partial charge in [-0.15, -0.1) is 0 Å². The van der Waals surface area contributed by atoms with Crippen LogP contribution in [0.25, 0.3) is 22.8 Å². The molecule has 0 spiro atoms. The van der Waals surface area contributed by atoms with Crippen molar-refractivity contribution in [1.82, 2.24) is 4.98 Å². The highest BCUT2D eigenvalue weighted by atomic mass is 35.5. The van der Waals surface area contributed by atoms with E-state index in [1.165, 1.54) is 0 Å². The number of nitrogens with zero attached hydrogens (tertiary/aromatic N) is 2. The minimum atomic E-state index is 0.377. The first kappa shape index (κ1) is 19.5. The third-order valence-corrected chi connectivity index (χ3v) is 5.45. The zero-order valence-electron chi connectivity index (χ0n) is 15.9. The fourth-order valence-electron chi connectivity index (χ4n) is 3.67. The molecule has 29 heavy (non-hydrogen) atoms. The number of ether oxygens (including phenoxy) is 1. The molecule has 2 aromatic carbocycles. The number of benzene rings is 2. The Morgan fingerprint density at radius 1 is 1.03 bits per heavy atom. The molecule has 0 saturated carbocycles. The minimum absolute atomic E-state index is 0.377.